The molecule has 1 heterocycles. The average molecular weight is 541 g/mol. The molecule has 1 N–H and O–H groups in total. The normalized spacial score (nSPS) is 24.6. The Morgan fingerprint density at radius 2 is 1.56 bits per heavy atom. The molecule has 188 valence electrons. The zero-order chi connectivity index (χ0) is 25.5. The number of ether oxygens (including phenoxy) is 5. The highest BCUT2D eigenvalue weighted by atomic mass is 35.6. The summed E-state index contributed by atoms with van der Waals surface area (Å²) in [5.41, 5.74) is 0.752. The van der Waals surface area contributed by atoms with Gasteiger partial charge in [0, 0.05) is 20.8 Å². The van der Waals surface area contributed by atoms with E-state index in [2.05, 4.69) is 5.32 Å². The molecule has 1 saturated heterocycles. The second kappa shape index (κ2) is 12.6. The maximum absolute atomic E-state index is 12.5. The summed E-state index contributed by atoms with van der Waals surface area (Å²) in [4.78, 5) is 47.5. The smallest absolute Gasteiger partial charge is 0.305 e. The summed E-state index contributed by atoms with van der Waals surface area (Å²) in [7, 11) is 0. The Morgan fingerprint density at radius 1 is 0.941 bits per heavy atom. The van der Waals surface area contributed by atoms with Crippen molar-refractivity contribution in [1.82, 2.24) is 5.32 Å². The van der Waals surface area contributed by atoms with Gasteiger partial charge in [-0.1, -0.05) is 65.1 Å². The molecule has 2 rings (SSSR count). The first-order valence-electron chi connectivity index (χ1n) is 10.0. The minimum atomic E-state index is -2.36. The third kappa shape index (κ3) is 8.59. The third-order valence-electron chi connectivity index (χ3n) is 4.52. The fraction of sp³-hybridized carbons (Fsp3) is 0.524. The van der Waals surface area contributed by atoms with Crippen LogP contribution in [0.2, 0.25) is 0 Å². The summed E-state index contributed by atoms with van der Waals surface area (Å²) in [6, 6.07) is 7.70. The topological polar surface area (TPSA) is 126 Å². The Balaban J connectivity index is 2.46. The molecule has 1 fully saturated rings. The zero-order valence-corrected chi connectivity index (χ0v) is 20.8. The largest absolute Gasteiger partial charge is 0.463 e. The third-order valence-corrected chi connectivity index (χ3v) is 5.04. The van der Waals surface area contributed by atoms with Crippen LogP contribution in [0.3, 0.4) is 0 Å². The summed E-state index contributed by atoms with van der Waals surface area (Å²) < 4.78 is 25.1. The van der Waals surface area contributed by atoms with Crippen molar-refractivity contribution in [2.75, 3.05) is 6.61 Å². The van der Waals surface area contributed by atoms with E-state index in [1.165, 1.54) is 6.92 Å². The van der Waals surface area contributed by atoms with E-state index in [0.717, 1.165) is 19.4 Å². The van der Waals surface area contributed by atoms with E-state index >= 15 is 0 Å². The summed E-state index contributed by atoms with van der Waals surface area (Å²) in [5.74, 6) is -3.14. The first-order valence-corrected chi connectivity index (χ1v) is 11.2. The highest BCUT2D eigenvalue weighted by Crippen LogP contribution is 2.31. The van der Waals surface area contributed by atoms with Gasteiger partial charge in [-0.2, -0.15) is 0 Å². The number of rotatable bonds is 8. The van der Waals surface area contributed by atoms with Crippen LogP contribution in [0.5, 0.6) is 0 Å². The van der Waals surface area contributed by atoms with Gasteiger partial charge in [0.05, 0.1) is 6.61 Å². The van der Waals surface area contributed by atoms with Crippen molar-refractivity contribution in [1.29, 1.82) is 0 Å². The lowest BCUT2D eigenvalue weighted by molar-refractivity contribution is -0.275. The standard InChI is InChI=1S/C21H24Cl3NO9/c1-11(26)30-10-15-17(32-12(2)27)18(31-9-14-7-5-4-6-8-14)16(19(34-15)33-13(3)28)25-20(29)21(22,23)24/h4-8,15-19H,9-10H2,1-3H3,(H,25,29)/t15-,16-,17+,18-,19?/m1/s1. The van der Waals surface area contributed by atoms with E-state index in [4.69, 9.17) is 58.5 Å². The van der Waals surface area contributed by atoms with Crippen molar-refractivity contribution in [2.45, 2.75) is 61.8 Å². The van der Waals surface area contributed by atoms with Crippen molar-refractivity contribution in [3.05, 3.63) is 35.9 Å². The summed E-state index contributed by atoms with van der Waals surface area (Å²) in [5, 5.41) is 2.43. The van der Waals surface area contributed by atoms with Gasteiger partial charge in [0.15, 0.2) is 6.10 Å². The maximum atomic E-state index is 12.5. The van der Waals surface area contributed by atoms with Crippen LogP contribution in [0.25, 0.3) is 0 Å². The Morgan fingerprint density at radius 3 is 2.09 bits per heavy atom. The lowest BCUT2D eigenvalue weighted by Crippen LogP contribution is -2.67. The molecular weight excluding hydrogens is 517 g/mol. The highest BCUT2D eigenvalue weighted by molar-refractivity contribution is 6.76. The lowest BCUT2D eigenvalue weighted by Gasteiger charge is -2.45. The van der Waals surface area contributed by atoms with E-state index < -0.39 is 58.3 Å². The average Bonchev–Trinajstić information content (AvgIpc) is 2.73. The molecule has 1 aliphatic rings. The lowest BCUT2D eigenvalue weighted by atomic mass is 9.96. The number of carbonyl (C=O) groups is 4. The van der Waals surface area contributed by atoms with Crippen LogP contribution in [0, 0.1) is 0 Å². The molecule has 0 radical (unpaired) electrons. The van der Waals surface area contributed by atoms with Crippen LogP contribution in [0.1, 0.15) is 26.3 Å². The van der Waals surface area contributed by atoms with Crippen LogP contribution in [-0.4, -0.2) is 64.9 Å². The number of nitrogens with one attached hydrogen (secondary N) is 1. The second-order valence-corrected chi connectivity index (χ2v) is 9.57. The van der Waals surface area contributed by atoms with E-state index in [0.29, 0.717) is 0 Å². The molecule has 0 spiro atoms. The van der Waals surface area contributed by atoms with Gasteiger partial charge in [0.1, 0.15) is 24.9 Å². The van der Waals surface area contributed by atoms with Crippen LogP contribution >= 0.6 is 34.8 Å². The number of halogens is 3. The minimum Gasteiger partial charge on any atom is -0.463 e. The van der Waals surface area contributed by atoms with Gasteiger partial charge in [-0.3, -0.25) is 19.2 Å². The summed E-state index contributed by atoms with van der Waals surface area (Å²) >= 11 is 17.1. The Kier molecular flexibility index (Phi) is 10.4. The maximum Gasteiger partial charge on any atom is 0.305 e. The van der Waals surface area contributed by atoms with Crippen LogP contribution in [0.4, 0.5) is 0 Å². The van der Waals surface area contributed by atoms with Crippen molar-refractivity contribution >= 4 is 58.6 Å². The fourth-order valence-electron chi connectivity index (χ4n) is 3.19. The van der Waals surface area contributed by atoms with E-state index in [-0.39, 0.29) is 13.2 Å². The first-order chi connectivity index (χ1) is 15.9. The van der Waals surface area contributed by atoms with Gasteiger partial charge in [-0.25, -0.2) is 0 Å². The molecule has 1 aliphatic heterocycles. The molecular formula is C21H24Cl3NO9. The van der Waals surface area contributed by atoms with Gasteiger partial charge in [0.25, 0.3) is 9.70 Å². The van der Waals surface area contributed by atoms with Crippen molar-refractivity contribution < 1.29 is 42.9 Å². The van der Waals surface area contributed by atoms with Crippen molar-refractivity contribution in [3.8, 4) is 0 Å². The highest BCUT2D eigenvalue weighted by Gasteiger charge is 2.52. The Labute approximate surface area is 211 Å². The van der Waals surface area contributed by atoms with Crippen LogP contribution in [-0.2, 0) is 49.5 Å². The number of esters is 3. The minimum absolute atomic E-state index is 0.0104. The molecule has 1 unspecified atom stereocenters. The van der Waals surface area contributed by atoms with Gasteiger partial charge >= 0.3 is 17.9 Å². The zero-order valence-electron chi connectivity index (χ0n) is 18.5. The number of amides is 1. The number of hydrogen-bond acceptors (Lipinski definition) is 9. The van der Waals surface area contributed by atoms with Gasteiger partial charge in [-0.15, -0.1) is 0 Å². The van der Waals surface area contributed by atoms with Crippen LogP contribution in [0.15, 0.2) is 30.3 Å². The van der Waals surface area contributed by atoms with Crippen LogP contribution < -0.4 is 5.32 Å². The molecule has 0 saturated carbocycles. The number of hydrogen-bond donors (Lipinski definition) is 1. The van der Waals surface area contributed by atoms with E-state index in [1.54, 1.807) is 24.3 Å². The monoisotopic (exact) mass is 539 g/mol. The molecule has 34 heavy (non-hydrogen) atoms. The molecule has 0 aliphatic carbocycles. The second-order valence-electron chi connectivity index (χ2n) is 7.29. The molecule has 1 amide bonds. The summed E-state index contributed by atoms with van der Waals surface area (Å²) in [6.07, 6.45) is -4.94. The van der Waals surface area contributed by atoms with Gasteiger partial charge < -0.3 is 29.0 Å². The molecule has 0 bridgehead atoms. The predicted octanol–water partition coefficient (Wildman–Crippen LogP) is 2.21. The molecule has 1 aromatic rings. The molecule has 10 nitrogen and oxygen atoms in total. The fourth-order valence-corrected chi connectivity index (χ4v) is 3.35. The number of alkyl halides is 3. The SMILES string of the molecule is CC(=O)OC[C@H]1OC(OC(C)=O)[C@H](NC(=O)C(Cl)(Cl)Cl)[C@@H](OCc2ccccc2)[C@H]1OC(C)=O. The van der Waals surface area contributed by atoms with Crippen molar-refractivity contribution in [3.63, 3.8) is 0 Å². The number of carbonyl (C=O) groups excluding carboxylic acids is 4. The van der Waals surface area contributed by atoms with Gasteiger partial charge in [-0.05, 0) is 5.56 Å². The molecule has 13 heteroatoms. The van der Waals surface area contributed by atoms with E-state index in [1.807, 2.05) is 6.07 Å². The van der Waals surface area contributed by atoms with Crippen molar-refractivity contribution in [2.24, 2.45) is 0 Å². The molecule has 0 aromatic heterocycles. The first kappa shape index (κ1) is 28.1. The summed E-state index contributed by atoms with van der Waals surface area (Å²) in [6.45, 7) is 3.11. The number of benzene rings is 1. The molecule has 1 aromatic carbocycles. The molecule has 5 atom stereocenters. The quantitative estimate of drug-likeness (QED) is 0.300. The Hall–Kier alpha value is -2.11. The predicted molar refractivity (Wildman–Crippen MR) is 120 cm³/mol. The van der Waals surface area contributed by atoms with Gasteiger partial charge in [0.2, 0.25) is 6.29 Å². The Bertz CT molecular complexity index is 878. The van der Waals surface area contributed by atoms with E-state index in [9.17, 15) is 19.2 Å².